The lowest BCUT2D eigenvalue weighted by atomic mass is 9.77. The molecular formula is C29H40N4O4S. The minimum Gasteiger partial charge on any atom is -0.394 e. The smallest absolute Gasteiger partial charge is 0.259 e. The number of aliphatic hydroxyl groups is 1. The molecule has 9 heteroatoms. The van der Waals surface area contributed by atoms with Crippen molar-refractivity contribution in [1.82, 2.24) is 4.98 Å². The fourth-order valence-corrected chi connectivity index (χ4v) is 7.52. The summed E-state index contributed by atoms with van der Waals surface area (Å²) in [7, 11) is -3.49. The van der Waals surface area contributed by atoms with Crippen molar-refractivity contribution in [2.45, 2.75) is 76.2 Å². The number of aliphatic hydroxyl groups excluding tert-OH is 1. The van der Waals surface area contributed by atoms with Gasteiger partial charge in [-0.3, -0.25) is 4.79 Å². The van der Waals surface area contributed by atoms with Crippen LogP contribution in [0.2, 0.25) is 0 Å². The monoisotopic (exact) mass is 540 g/mol. The largest absolute Gasteiger partial charge is 0.394 e. The van der Waals surface area contributed by atoms with E-state index in [1.807, 2.05) is 20.8 Å². The molecule has 1 aliphatic heterocycles. The molecule has 0 bridgehead atoms. The van der Waals surface area contributed by atoms with E-state index in [9.17, 15) is 18.3 Å². The van der Waals surface area contributed by atoms with Crippen LogP contribution in [0, 0.1) is 10.8 Å². The molecule has 0 unspecified atom stereocenters. The Morgan fingerprint density at radius 2 is 1.76 bits per heavy atom. The highest BCUT2D eigenvalue weighted by atomic mass is 32.2. The fraction of sp³-hybridized carbons (Fsp3) is 0.586. The van der Waals surface area contributed by atoms with E-state index in [4.69, 9.17) is 4.98 Å². The molecular weight excluding hydrogens is 500 g/mol. The normalized spacial score (nSPS) is 20.1. The van der Waals surface area contributed by atoms with Crippen molar-refractivity contribution >= 4 is 33.1 Å². The number of sulfone groups is 1. The summed E-state index contributed by atoms with van der Waals surface area (Å²) < 4.78 is 25.9. The van der Waals surface area contributed by atoms with E-state index < -0.39 is 9.84 Å². The number of pyridine rings is 1. The summed E-state index contributed by atoms with van der Waals surface area (Å²) in [6.07, 6.45) is 7.63. The number of benzene rings is 1. The van der Waals surface area contributed by atoms with Crippen LogP contribution in [-0.2, 0) is 9.84 Å². The van der Waals surface area contributed by atoms with Gasteiger partial charge >= 0.3 is 0 Å². The molecule has 1 saturated heterocycles. The Balaban J connectivity index is 1.40. The zero-order valence-corrected chi connectivity index (χ0v) is 23.5. The van der Waals surface area contributed by atoms with Crippen LogP contribution in [0.5, 0.6) is 0 Å². The number of carbonyl (C=O) groups is 1. The zero-order chi connectivity index (χ0) is 27.2. The van der Waals surface area contributed by atoms with Crippen molar-refractivity contribution in [1.29, 1.82) is 0 Å². The predicted molar refractivity (Wildman–Crippen MR) is 151 cm³/mol. The average Bonchev–Trinajstić information content (AvgIpc) is 3.59. The van der Waals surface area contributed by atoms with Crippen LogP contribution in [0.3, 0.4) is 0 Å². The second-order valence-electron chi connectivity index (χ2n) is 12.8. The van der Waals surface area contributed by atoms with Crippen molar-refractivity contribution in [3.8, 4) is 0 Å². The van der Waals surface area contributed by atoms with Crippen LogP contribution in [0.1, 0.15) is 76.1 Å². The van der Waals surface area contributed by atoms with Crippen molar-refractivity contribution in [3.05, 3.63) is 42.0 Å². The first kappa shape index (κ1) is 26.9. The van der Waals surface area contributed by atoms with Gasteiger partial charge in [0.1, 0.15) is 11.6 Å². The second-order valence-corrected chi connectivity index (χ2v) is 14.8. The Kier molecular flexibility index (Phi) is 6.97. The minimum absolute atomic E-state index is 0.0196. The second kappa shape index (κ2) is 9.83. The molecule has 0 atom stereocenters. The standard InChI is InChI=1S/C29H40N4O4S/c1-27(2,3)20-38(36,37)22-7-4-6-21(18-22)30-26(35)23-8-9-24(32-29(19-34)10-5-11-29)31-25(23)33-16-14-28(12-13-28)15-17-33/h4,6-9,18,34H,5,10-17,19-20H2,1-3H3,(H,30,35)(H,31,32). The topological polar surface area (TPSA) is 112 Å². The Hall–Kier alpha value is -2.65. The van der Waals surface area contributed by atoms with Gasteiger partial charge in [0.05, 0.1) is 28.4 Å². The number of hydrogen-bond acceptors (Lipinski definition) is 7. The van der Waals surface area contributed by atoms with Gasteiger partial charge in [0.25, 0.3) is 5.91 Å². The van der Waals surface area contributed by atoms with Crippen molar-refractivity contribution in [2.24, 2.45) is 10.8 Å². The van der Waals surface area contributed by atoms with Gasteiger partial charge in [-0.05, 0) is 86.1 Å². The Bertz CT molecular complexity index is 1290. The lowest BCUT2D eigenvalue weighted by Crippen LogP contribution is -2.48. The predicted octanol–water partition coefficient (Wildman–Crippen LogP) is 4.86. The maximum atomic E-state index is 13.5. The molecule has 5 rings (SSSR count). The van der Waals surface area contributed by atoms with E-state index in [-0.39, 0.29) is 34.1 Å². The summed E-state index contributed by atoms with van der Waals surface area (Å²) in [6.45, 7) is 7.42. The molecule has 2 saturated carbocycles. The lowest BCUT2D eigenvalue weighted by molar-refractivity contribution is 0.102. The molecule has 1 amide bonds. The lowest BCUT2D eigenvalue weighted by Gasteiger charge is -2.41. The van der Waals surface area contributed by atoms with E-state index in [0.717, 1.165) is 45.2 Å². The van der Waals surface area contributed by atoms with Gasteiger partial charge in [-0.25, -0.2) is 13.4 Å². The molecule has 1 spiro atoms. The molecule has 0 radical (unpaired) electrons. The molecule has 38 heavy (non-hydrogen) atoms. The van der Waals surface area contributed by atoms with Crippen LogP contribution in [-0.4, -0.2) is 55.4 Å². The average molecular weight is 541 g/mol. The van der Waals surface area contributed by atoms with Gasteiger partial charge in [0, 0.05) is 18.8 Å². The summed E-state index contributed by atoms with van der Waals surface area (Å²) in [6, 6.07) is 10.0. The van der Waals surface area contributed by atoms with Crippen LogP contribution in [0.15, 0.2) is 41.3 Å². The molecule has 3 N–H and O–H groups in total. The van der Waals surface area contributed by atoms with Gasteiger partial charge in [-0.1, -0.05) is 26.8 Å². The number of amides is 1. The molecule has 3 aliphatic rings. The van der Waals surface area contributed by atoms with Gasteiger partial charge < -0.3 is 20.6 Å². The third kappa shape index (κ3) is 5.83. The third-order valence-corrected chi connectivity index (χ3v) is 10.5. The molecule has 1 aromatic heterocycles. The van der Waals surface area contributed by atoms with E-state index in [0.29, 0.717) is 28.3 Å². The molecule has 1 aromatic carbocycles. The number of rotatable bonds is 8. The van der Waals surface area contributed by atoms with E-state index in [1.54, 1.807) is 30.3 Å². The molecule has 2 heterocycles. The fourth-order valence-electron chi connectivity index (χ4n) is 5.62. The number of piperidine rings is 1. The van der Waals surface area contributed by atoms with Crippen LogP contribution >= 0.6 is 0 Å². The van der Waals surface area contributed by atoms with Gasteiger partial charge in [-0.2, -0.15) is 0 Å². The maximum Gasteiger partial charge on any atom is 0.259 e. The van der Waals surface area contributed by atoms with Crippen LogP contribution < -0.4 is 15.5 Å². The molecule has 206 valence electrons. The first-order chi connectivity index (χ1) is 17.9. The van der Waals surface area contributed by atoms with E-state index in [1.165, 1.54) is 18.9 Å². The minimum atomic E-state index is -3.49. The Morgan fingerprint density at radius 3 is 2.34 bits per heavy atom. The van der Waals surface area contributed by atoms with Crippen molar-refractivity contribution < 1.29 is 18.3 Å². The number of carbonyl (C=O) groups excluding carboxylic acids is 1. The maximum absolute atomic E-state index is 13.5. The first-order valence-electron chi connectivity index (χ1n) is 13.7. The summed E-state index contributed by atoms with van der Waals surface area (Å²) in [5.41, 5.74) is 0.656. The van der Waals surface area contributed by atoms with Gasteiger partial charge in [0.15, 0.2) is 9.84 Å². The van der Waals surface area contributed by atoms with Crippen LogP contribution in [0.4, 0.5) is 17.3 Å². The number of aromatic nitrogens is 1. The quantitative estimate of drug-likeness (QED) is 0.438. The Labute approximate surface area is 226 Å². The molecule has 2 aliphatic carbocycles. The summed E-state index contributed by atoms with van der Waals surface area (Å²) in [5, 5.41) is 16.3. The van der Waals surface area contributed by atoms with Crippen molar-refractivity contribution in [3.63, 3.8) is 0 Å². The van der Waals surface area contributed by atoms with E-state index >= 15 is 0 Å². The van der Waals surface area contributed by atoms with Gasteiger partial charge in [0.2, 0.25) is 0 Å². The van der Waals surface area contributed by atoms with Crippen molar-refractivity contribution in [2.75, 3.05) is 41.0 Å². The van der Waals surface area contributed by atoms with Gasteiger partial charge in [-0.15, -0.1) is 0 Å². The highest BCUT2D eigenvalue weighted by Crippen LogP contribution is 2.54. The number of anilines is 3. The third-order valence-electron chi connectivity index (χ3n) is 8.28. The first-order valence-corrected chi connectivity index (χ1v) is 15.4. The highest BCUT2D eigenvalue weighted by molar-refractivity contribution is 7.91. The number of nitrogens with one attached hydrogen (secondary N) is 2. The summed E-state index contributed by atoms with van der Waals surface area (Å²) in [5.74, 6) is 0.988. The van der Waals surface area contributed by atoms with E-state index in [2.05, 4.69) is 15.5 Å². The summed E-state index contributed by atoms with van der Waals surface area (Å²) >= 11 is 0. The zero-order valence-electron chi connectivity index (χ0n) is 22.7. The Morgan fingerprint density at radius 1 is 1.05 bits per heavy atom. The summed E-state index contributed by atoms with van der Waals surface area (Å²) in [4.78, 5) is 20.8. The SMILES string of the molecule is CC(C)(C)CS(=O)(=O)c1cccc(NC(=O)c2ccc(NC3(CO)CCC3)nc2N2CCC3(CC2)CC3)c1. The number of nitrogens with zero attached hydrogens (tertiary/aromatic N) is 2. The number of hydrogen-bond donors (Lipinski definition) is 3. The molecule has 3 fully saturated rings. The van der Waals surface area contributed by atoms with Crippen LogP contribution in [0.25, 0.3) is 0 Å². The molecule has 2 aromatic rings. The highest BCUT2D eigenvalue weighted by Gasteiger charge is 2.45. The molecule has 8 nitrogen and oxygen atoms in total.